The zero-order chi connectivity index (χ0) is 19.0. The maximum atomic E-state index is 12.5. The van der Waals surface area contributed by atoms with Gasteiger partial charge in [-0.3, -0.25) is 0 Å². The van der Waals surface area contributed by atoms with Crippen molar-refractivity contribution < 1.29 is 4.79 Å². The zero-order valence-electron chi connectivity index (χ0n) is 14.7. The fourth-order valence-electron chi connectivity index (χ4n) is 3.08. The van der Waals surface area contributed by atoms with Crippen molar-refractivity contribution in [2.45, 2.75) is 6.92 Å². The van der Waals surface area contributed by atoms with Crippen molar-refractivity contribution in [3.8, 4) is 0 Å². The van der Waals surface area contributed by atoms with Gasteiger partial charge >= 0.3 is 6.03 Å². The molecule has 8 heteroatoms. The number of hydrogen-bond acceptors (Lipinski definition) is 4. The van der Waals surface area contributed by atoms with Crippen LogP contribution in [-0.2, 0) is 0 Å². The van der Waals surface area contributed by atoms with Crippen molar-refractivity contribution in [1.82, 2.24) is 9.88 Å². The Kier molecular flexibility index (Phi) is 5.12. The number of fused-ring (bicyclic) bond motifs is 1. The lowest BCUT2D eigenvalue weighted by molar-refractivity contribution is 0.208. The molecule has 1 aliphatic rings. The number of anilines is 2. The first-order valence-corrected chi connectivity index (χ1v) is 10.2. The van der Waals surface area contributed by atoms with Gasteiger partial charge in [-0.15, -0.1) is 0 Å². The molecule has 0 spiro atoms. The zero-order valence-corrected chi connectivity index (χ0v) is 17.0. The number of nitrogens with one attached hydrogen (secondary N) is 1. The summed E-state index contributed by atoms with van der Waals surface area (Å²) < 4.78 is 1.02. The first kappa shape index (κ1) is 18.3. The summed E-state index contributed by atoms with van der Waals surface area (Å²) in [4.78, 5) is 21.3. The van der Waals surface area contributed by atoms with Gasteiger partial charge in [0, 0.05) is 26.2 Å². The highest BCUT2D eigenvalue weighted by atomic mass is 35.5. The lowest BCUT2D eigenvalue weighted by Crippen LogP contribution is -2.50. The van der Waals surface area contributed by atoms with Gasteiger partial charge in [0.1, 0.15) is 0 Å². The normalized spacial score (nSPS) is 14.6. The van der Waals surface area contributed by atoms with E-state index in [0.717, 1.165) is 39.0 Å². The standard InChI is InChI=1S/C19H18Cl2N4OS/c1-12-6-7-14(21)17-16(12)23-19(27-17)25-10-8-24(9-11-25)18(26)22-15-5-3-2-4-13(15)20/h2-7H,8-11H2,1H3,(H,22,26). The van der Waals surface area contributed by atoms with Crippen LogP contribution in [0.3, 0.4) is 0 Å². The van der Waals surface area contributed by atoms with Gasteiger partial charge < -0.3 is 15.1 Å². The first-order chi connectivity index (χ1) is 13.0. The molecule has 2 heterocycles. The highest BCUT2D eigenvalue weighted by molar-refractivity contribution is 7.22. The summed E-state index contributed by atoms with van der Waals surface area (Å²) in [7, 11) is 0. The molecule has 2 aromatic carbocycles. The molecule has 1 fully saturated rings. The maximum Gasteiger partial charge on any atom is 0.322 e. The second-order valence-corrected chi connectivity index (χ2v) is 8.21. The van der Waals surface area contributed by atoms with Crippen LogP contribution in [0.25, 0.3) is 10.2 Å². The molecule has 0 saturated carbocycles. The molecule has 27 heavy (non-hydrogen) atoms. The summed E-state index contributed by atoms with van der Waals surface area (Å²) >= 11 is 14.0. The number of carbonyl (C=O) groups is 1. The van der Waals surface area contributed by atoms with Crippen molar-refractivity contribution >= 4 is 61.6 Å². The van der Waals surface area contributed by atoms with Gasteiger partial charge in [-0.05, 0) is 30.7 Å². The molecule has 0 aliphatic carbocycles. The fraction of sp³-hybridized carbons (Fsp3) is 0.263. The fourth-order valence-corrected chi connectivity index (χ4v) is 4.63. The van der Waals surface area contributed by atoms with Crippen molar-refractivity contribution in [1.29, 1.82) is 0 Å². The largest absolute Gasteiger partial charge is 0.345 e. The third kappa shape index (κ3) is 3.70. The van der Waals surface area contributed by atoms with E-state index in [4.69, 9.17) is 28.2 Å². The molecule has 1 aromatic heterocycles. The maximum absolute atomic E-state index is 12.5. The van der Waals surface area contributed by atoms with Crippen LogP contribution in [-0.4, -0.2) is 42.1 Å². The molecule has 0 bridgehead atoms. The third-order valence-corrected chi connectivity index (χ3v) is 6.54. The van der Waals surface area contributed by atoms with E-state index in [-0.39, 0.29) is 6.03 Å². The Balaban J connectivity index is 1.43. The van der Waals surface area contributed by atoms with Crippen LogP contribution < -0.4 is 10.2 Å². The average molecular weight is 421 g/mol. The molecule has 0 atom stereocenters. The van der Waals surface area contributed by atoms with Crippen LogP contribution in [0.4, 0.5) is 15.6 Å². The summed E-state index contributed by atoms with van der Waals surface area (Å²) in [6.07, 6.45) is 0. The van der Waals surface area contributed by atoms with E-state index in [1.807, 2.05) is 31.2 Å². The van der Waals surface area contributed by atoms with E-state index in [2.05, 4.69) is 10.2 Å². The van der Waals surface area contributed by atoms with Crippen LogP contribution in [0.15, 0.2) is 36.4 Å². The lowest BCUT2D eigenvalue weighted by atomic mass is 10.2. The quantitative estimate of drug-likeness (QED) is 0.614. The number of carbonyl (C=O) groups excluding carboxylic acids is 1. The molecule has 1 saturated heterocycles. The molecule has 4 rings (SSSR count). The van der Waals surface area contributed by atoms with Gasteiger partial charge in [-0.25, -0.2) is 9.78 Å². The molecule has 5 nitrogen and oxygen atoms in total. The molecule has 1 N–H and O–H groups in total. The summed E-state index contributed by atoms with van der Waals surface area (Å²) in [5.41, 5.74) is 2.71. The number of rotatable bonds is 2. The van der Waals surface area contributed by atoms with E-state index in [1.165, 1.54) is 0 Å². The van der Waals surface area contributed by atoms with Gasteiger partial charge in [0.2, 0.25) is 0 Å². The molecule has 1 aliphatic heterocycles. The van der Waals surface area contributed by atoms with Crippen LogP contribution in [0.5, 0.6) is 0 Å². The van der Waals surface area contributed by atoms with Crippen LogP contribution in [0.2, 0.25) is 10.0 Å². The van der Waals surface area contributed by atoms with Gasteiger partial charge in [0.15, 0.2) is 5.13 Å². The summed E-state index contributed by atoms with van der Waals surface area (Å²) in [6.45, 7) is 4.75. The Labute approximate surface area is 171 Å². The highest BCUT2D eigenvalue weighted by Gasteiger charge is 2.24. The Bertz CT molecular complexity index is 960. The van der Waals surface area contributed by atoms with Crippen molar-refractivity contribution in [2.24, 2.45) is 0 Å². The molecule has 3 aromatic rings. The number of amides is 2. The number of nitrogens with zero attached hydrogens (tertiary/aromatic N) is 3. The Morgan fingerprint density at radius 2 is 1.81 bits per heavy atom. The number of halogens is 2. The topological polar surface area (TPSA) is 48.5 Å². The Morgan fingerprint density at radius 3 is 2.52 bits per heavy atom. The van der Waals surface area contributed by atoms with E-state index in [0.29, 0.717) is 23.8 Å². The second kappa shape index (κ2) is 7.54. The van der Waals surface area contributed by atoms with Gasteiger partial charge in [0.25, 0.3) is 0 Å². The number of aromatic nitrogens is 1. The van der Waals surface area contributed by atoms with Crippen LogP contribution >= 0.6 is 34.5 Å². The van der Waals surface area contributed by atoms with Gasteiger partial charge in [0.05, 0.1) is 25.9 Å². The van der Waals surface area contributed by atoms with E-state index in [9.17, 15) is 4.79 Å². The summed E-state index contributed by atoms with van der Waals surface area (Å²) in [6, 6.07) is 11.0. The predicted molar refractivity (Wildman–Crippen MR) is 114 cm³/mol. The molecule has 140 valence electrons. The monoisotopic (exact) mass is 420 g/mol. The number of urea groups is 1. The smallest absolute Gasteiger partial charge is 0.322 e. The van der Waals surface area contributed by atoms with Crippen molar-refractivity contribution in [3.63, 3.8) is 0 Å². The van der Waals surface area contributed by atoms with E-state index < -0.39 is 0 Å². The van der Waals surface area contributed by atoms with E-state index in [1.54, 1.807) is 28.4 Å². The lowest BCUT2D eigenvalue weighted by Gasteiger charge is -2.34. The molecule has 0 unspecified atom stereocenters. The number of aryl methyl sites for hydroxylation is 1. The predicted octanol–water partition coefficient (Wildman–Crippen LogP) is 5.27. The average Bonchev–Trinajstić information content (AvgIpc) is 3.13. The SMILES string of the molecule is Cc1ccc(Cl)c2sc(N3CCN(C(=O)Nc4ccccc4Cl)CC3)nc12. The van der Waals surface area contributed by atoms with Gasteiger partial charge in [-0.1, -0.05) is 52.7 Å². The number of para-hydroxylation sites is 1. The number of thiazole rings is 1. The van der Waals surface area contributed by atoms with Crippen molar-refractivity contribution in [2.75, 3.05) is 36.4 Å². The summed E-state index contributed by atoms with van der Waals surface area (Å²) in [5, 5.41) is 5.10. The second-order valence-electron chi connectivity index (χ2n) is 6.42. The summed E-state index contributed by atoms with van der Waals surface area (Å²) in [5.74, 6) is 0. The molecule has 0 radical (unpaired) electrons. The highest BCUT2D eigenvalue weighted by Crippen LogP contribution is 2.35. The molecular weight excluding hydrogens is 403 g/mol. The molecule has 2 amide bonds. The first-order valence-electron chi connectivity index (χ1n) is 8.64. The number of benzene rings is 2. The Hall–Kier alpha value is -2.02. The Morgan fingerprint density at radius 1 is 1.07 bits per heavy atom. The van der Waals surface area contributed by atoms with Crippen LogP contribution in [0, 0.1) is 6.92 Å². The number of piperazine rings is 1. The minimum Gasteiger partial charge on any atom is -0.345 e. The van der Waals surface area contributed by atoms with Crippen LogP contribution in [0.1, 0.15) is 5.56 Å². The third-order valence-electron chi connectivity index (χ3n) is 4.64. The molecular formula is C19H18Cl2N4OS. The van der Waals surface area contributed by atoms with Gasteiger partial charge in [-0.2, -0.15) is 0 Å². The minimum atomic E-state index is -0.133. The number of hydrogen-bond donors (Lipinski definition) is 1. The minimum absolute atomic E-state index is 0.133. The van der Waals surface area contributed by atoms with Crippen molar-refractivity contribution in [3.05, 3.63) is 52.0 Å². The van der Waals surface area contributed by atoms with E-state index >= 15 is 0 Å².